The molecule has 0 unspecified atom stereocenters. The summed E-state index contributed by atoms with van der Waals surface area (Å²) in [7, 11) is -3.80. The Morgan fingerprint density at radius 3 is 2.39 bits per heavy atom. The molecule has 1 aliphatic heterocycles. The number of sulfonamides is 1. The number of nitrogens with zero attached hydrogens (tertiary/aromatic N) is 3. The summed E-state index contributed by atoms with van der Waals surface area (Å²) in [6, 6.07) is 12.0. The highest BCUT2D eigenvalue weighted by Gasteiger charge is 2.28. The van der Waals surface area contributed by atoms with Crippen molar-refractivity contribution in [3.05, 3.63) is 48.3 Å². The molecule has 194 valence electrons. The van der Waals surface area contributed by atoms with E-state index in [9.17, 15) is 13.2 Å². The Bertz CT molecular complexity index is 1330. The third-order valence-corrected chi connectivity index (χ3v) is 8.44. The fraction of sp³-hybridized carbons (Fsp3) is 0.481. The lowest BCUT2D eigenvalue weighted by atomic mass is 9.94. The zero-order valence-corrected chi connectivity index (χ0v) is 22.6. The Hall–Kier alpha value is -2.91. The van der Waals surface area contributed by atoms with Crippen LogP contribution < -0.4 is 9.62 Å². The van der Waals surface area contributed by atoms with E-state index in [-0.39, 0.29) is 22.8 Å². The maximum Gasteiger partial charge on any atom is 0.264 e. The number of hydrogen-bond donors (Lipinski definition) is 1. The maximum absolute atomic E-state index is 13.5. The number of amides is 1. The third kappa shape index (κ3) is 5.42. The number of benzene rings is 2. The van der Waals surface area contributed by atoms with Gasteiger partial charge < -0.3 is 14.6 Å². The second kappa shape index (κ2) is 10.2. The van der Waals surface area contributed by atoms with Crippen LogP contribution in [-0.4, -0.2) is 43.6 Å². The summed E-state index contributed by atoms with van der Waals surface area (Å²) >= 11 is 0. The first-order chi connectivity index (χ1) is 17.0. The summed E-state index contributed by atoms with van der Waals surface area (Å²) < 4.78 is 36.3. The quantitative estimate of drug-likeness (QED) is 0.484. The summed E-state index contributed by atoms with van der Waals surface area (Å²) in [6.45, 7) is 12.4. The molecule has 1 aromatic heterocycles. The van der Waals surface area contributed by atoms with Crippen molar-refractivity contribution in [3.8, 4) is 0 Å². The van der Waals surface area contributed by atoms with E-state index in [0.29, 0.717) is 17.3 Å². The molecule has 1 fully saturated rings. The van der Waals surface area contributed by atoms with Gasteiger partial charge in [-0.1, -0.05) is 20.8 Å². The molecule has 0 atom stereocenters. The van der Waals surface area contributed by atoms with Gasteiger partial charge in [0.15, 0.2) is 0 Å². The predicted molar refractivity (Wildman–Crippen MR) is 143 cm³/mol. The summed E-state index contributed by atoms with van der Waals surface area (Å²) in [5.74, 6) is 1.32. The van der Waals surface area contributed by atoms with Gasteiger partial charge in [-0.3, -0.25) is 9.10 Å². The molecule has 2 aromatic carbocycles. The largest absolute Gasteiger partial charge is 0.381 e. The smallest absolute Gasteiger partial charge is 0.264 e. The molecule has 8 nitrogen and oxygen atoms in total. The van der Waals surface area contributed by atoms with Gasteiger partial charge in [0.05, 0.1) is 21.6 Å². The molecule has 0 spiro atoms. The van der Waals surface area contributed by atoms with Crippen LogP contribution in [0.15, 0.2) is 47.4 Å². The van der Waals surface area contributed by atoms with Gasteiger partial charge in [-0.05, 0) is 68.1 Å². The first-order valence-corrected chi connectivity index (χ1v) is 13.9. The number of fused-ring (bicyclic) bond motifs is 1. The highest BCUT2D eigenvalue weighted by molar-refractivity contribution is 7.92. The first kappa shape index (κ1) is 26.2. The van der Waals surface area contributed by atoms with Crippen molar-refractivity contribution in [2.75, 3.05) is 29.4 Å². The number of ether oxygens (including phenoxy) is 1. The van der Waals surface area contributed by atoms with Crippen LogP contribution in [0.25, 0.3) is 11.0 Å². The summed E-state index contributed by atoms with van der Waals surface area (Å²) in [5, 5.41) is 2.66. The maximum atomic E-state index is 13.5. The molecule has 0 aliphatic carbocycles. The van der Waals surface area contributed by atoms with Crippen LogP contribution in [0, 0.1) is 5.92 Å². The van der Waals surface area contributed by atoms with E-state index in [1.807, 2.05) is 25.1 Å². The topological polar surface area (TPSA) is 93.5 Å². The summed E-state index contributed by atoms with van der Waals surface area (Å²) in [5.41, 5.74) is 2.78. The first-order valence-electron chi connectivity index (χ1n) is 12.5. The molecule has 0 bridgehead atoms. The molecule has 0 radical (unpaired) electrons. The van der Waals surface area contributed by atoms with Crippen LogP contribution in [0.2, 0.25) is 0 Å². The summed E-state index contributed by atoms with van der Waals surface area (Å²) in [6.07, 6.45) is 2.06. The predicted octanol–water partition coefficient (Wildman–Crippen LogP) is 4.93. The van der Waals surface area contributed by atoms with E-state index in [4.69, 9.17) is 9.72 Å². The molecule has 2 heterocycles. The monoisotopic (exact) mass is 512 g/mol. The number of aromatic nitrogens is 2. The number of rotatable bonds is 7. The van der Waals surface area contributed by atoms with E-state index in [1.165, 1.54) is 23.4 Å². The normalized spacial score (nSPS) is 15.2. The fourth-order valence-corrected chi connectivity index (χ4v) is 6.22. The minimum Gasteiger partial charge on any atom is -0.381 e. The summed E-state index contributed by atoms with van der Waals surface area (Å²) in [4.78, 5) is 16.4. The second-order valence-corrected chi connectivity index (χ2v) is 12.3. The molecule has 1 amide bonds. The Balaban J connectivity index is 1.70. The van der Waals surface area contributed by atoms with Crippen LogP contribution in [-0.2, 0) is 31.5 Å². The number of carbonyl (C=O) groups is 1. The zero-order chi connectivity index (χ0) is 26.1. The van der Waals surface area contributed by atoms with Crippen molar-refractivity contribution in [1.82, 2.24) is 9.55 Å². The highest BCUT2D eigenvalue weighted by Crippen LogP contribution is 2.32. The van der Waals surface area contributed by atoms with Crippen molar-refractivity contribution >= 4 is 38.3 Å². The average Bonchev–Trinajstić information content (AvgIpc) is 3.18. The Labute approximate surface area is 213 Å². The fourth-order valence-electron chi connectivity index (χ4n) is 4.75. The standard InChI is InChI=1S/C27H36N4O4S/c1-6-31(36(33,34)23-10-7-21(8-11-23)28-19(2)32)22-9-12-25-24(17-22)29-26(27(3,4)5)30(25)18-20-13-15-35-16-14-20/h7-12,17,20H,6,13-16,18H2,1-5H3,(H,28,32). The molecule has 1 aliphatic rings. The van der Waals surface area contributed by atoms with E-state index in [1.54, 1.807) is 12.1 Å². The van der Waals surface area contributed by atoms with Gasteiger partial charge >= 0.3 is 0 Å². The molecule has 0 saturated carbocycles. The Morgan fingerprint density at radius 2 is 1.81 bits per heavy atom. The van der Waals surface area contributed by atoms with Crippen LogP contribution in [0.1, 0.15) is 53.3 Å². The lowest BCUT2D eigenvalue weighted by molar-refractivity contribution is -0.114. The van der Waals surface area contributed by atoms with Gasteiger partial charge in [-0.25, -0.2) is 13.4 Å². The highest BCUT2D eigenvalue weighted by atomic mass is 32.2. The molecule has 1 N–H and O–H groups in total. The van der Waals surface area contributed by atoms with Crippen LogP contribution in [0.4, 0.5) is 11.4 Å². The number of hydrogen-bond acceptors (Lipinski definition) is 5. The second-order valence-electron chi connectivity index (χ2n) is 10.4. The van der Waals surface area contributed by atoms with Crippen LogP contribution in [0.5, 0.6) is 0 Å². The molecular formula is C27H36N4O4S. The van der Waals surface area contributed by atoms with Crippen molar-refractivity contribution in [3.63, 3.8) is 0 Å². The number of imidazole rings is 1. The van der Waals surface area contributed by atoms with Gasteiger partial charge in [0.25, 0.3) is 10.0 Å². The van der Waals surface area contributed by atoms with Gasteiger partial charge in [0.1, 0.15) is 5.82 Å². The molecule has 36 heavy (non-hydrogen) atoms. The van der Waals surface area contributed by atoms with Crippen molar-refractivity contribution in [2.45, 2.75) is 64.3 Å². The van der Waals surface area contributed by atoms with Gasteiger partial charge in [0, 0.05) is 44.3 Å². The van der Waals surface area contributed by atoms with Gasteiger partial charge in [-0.15, -0.1) is 0 Å². The van der Waals surface area contributed by atoms with Crippen molar-refractivity contribution in [2.24, 2.45) is 5.92 Å². The molecule has 4 rings (SSSR count). The molecular weight excluding hydrogens is 476 g/mol. The van der Waals surface area contributed by atoms with E-state index >= 15 is 0 Å². The van der Waals surface area contributed by atoms with Gasteiger partial charge in [0.2, 0.25) is 5.91 Å². The van der Waals surface area contributed by atoms with Crippen LogP contribution in [0.3, 0.4) is 0 Å². The Kier molecular flexibility index (Phi) is 7.43. The lowest BCUT2D eigenvalue weighted by Crippen LogP contribution is -2.30. The van der Waals surface area contributed by atoms with Crippen LogP contribution >= 0.6 is 0 Å². The number of anilines is 2. The lowest BCUT2D eigenvalue weighted by Gasteiger charge is -2.26. The molecule has 1 saturated heterocycles. The minimum absolute atomic E-state index is 0.156. The van der Waals surface area contributed by atoms with E-state index < -0.39 is 10.0 Å². The number of carbonyl (C=O) groups excluding carboxylic acids is 1. The van der Waals surface area contributed by atoms with E-state index in [2.05, 4.69) is 30.7 Å². The van der Waals surface area contributed by atoms with Crippen molar-refractivity contribution < 1.29 is 17.9 Å². The molecule has 3 aromatic rings. The zero-order valence-electron chi connectivity index (χ0n) is 21.7. The molecule has 9 heteroatoms. The minimum atomic E-state index is -3.80. The van der Waals surface area contributed by atoms with Gasteiger partial charge in [-0.2, -0.15) is 0 Å². The number of nitrogens with one attached hydrogen (secondary N) is 1. The third-order valence-electron chi connectivity index (χ3n) is 6.52. The Morgan fingerprint density at radius 1 is 1.14 bits per heavy atom. The van der Waals surface area contributed by atoms with E-state index in [0.717, 1.165) is 49.5 Å². The SMILES string of the molecule is CCN(c1ccc2c(c1)nc(C(C)(C)C)n2CC1CCOCC1)S(=O)(=O)c1ccc(NC(C)=O)cc1. The van der Waals surface area contributed by atoms with Crippen molar-refractivity contribution in [1.29, 1.82) is 0 Å². The average molecular weight is 513 g/mol.